The number of carboxylic acids is 1. The topological polar surface area (TPSA) is 95.8 Å². The van der Waals surface area contributed by atoms with Gasteiger partial charge in [-0.3, -0.25) is 9.69 Å². The lowest BCUT2D eigenvalue weighted by Gasteiger charge is -2.42. The first-order valence-corrected chi connectivity index (χ1v) is 14.3. The van der Waals surface area contributed by atoms with Crippen LogP contribution in [0.3, 0.4) is 0 Å². The lowest BCUT2D eigenvalue weighted by atomic mass is 9.84. The summed E-state index contributed by atoms with van der Waals surface area (Å²) in [6.45, 7) is 2.73. The van der Waals surface area contributed by atoms with E-state index in [9.17, 15) is 9.90 Å². The number of benzene rings is 3. The second-order valence-corrected chi connectivity index (χ2v) is 10.8. The lowest BCUT2D eigenvalue weighted by Crippen LogP contribution is -2.49. The Balaban J connectivity index is 1.13. The molecule has 0 bridgehead atoms. The zero-order valence-corrected chi connectivity index (χ0v) is 23.3. The van der Waals surface area contributed by atoms with Gasteiger partial charge >= 0.3 is 5.97 Å². The number of hydrogen-bond acceptors (Lipinski definition) is 7. The van der Waals surface area contributed by atoms with E-state index in [1.54, 1.807) is 0 Å². The van der Waals surface area contributed by atoms with Gasteiger partial charge in [-0.05, 0) is 41.5 Å². The smallest absolute Gasteiger partial charge is 0.317 e. The maximum absolute atomic E-state index is 11.2. The third-order valence-corrected chi connectivity index (χ3v) is 7.76. The van der Waals surface area contributed by atoms with Crippen molar-refractivity contribution in [1.82, 2.24) is 10.3 Å². The predicted octanol–water partition coefficient (Wildman–Crippen LogP) is 4.87. The summed E-state index contributed by atoms with van der Waals surface area (Å²) in [6.07, 6.45) is 5.62. The van der Waals surface area contributed by atoms with Gasteiger partial charge in [0.25, 0.3) is 0 Å². The molecule has 0 spiro atoms. The van der Waals surface area contributed by atoms with Crippen LogP contribution in [0.1, 0.15) is 47.9 Å². The van der Waals surface area contributed by atoms with E-state index < -0.39 is 5.97 Å². The van der Waals surface area contributed by atoms with Crippen molar-refractivity contribution in [1.29, 1.82) is 0 Å². The van der Waals surface area contributed by atoms with Crippen LogP contribution in [0.25, 0.3) is 0 Å². The Morgan fingerprint density at radius 1 is 1.02 bits per heavy atom. The molecule has 0 amide bonds. The van der Waals surface area contributed by atoms with Crippen LogP contribution in [0.5, 0.6) is 0 Å². The number of ether oxygens (including phenoxy) is 1. The molecule has 0 aliphatic carbocycles. The molecular formula is C33H38N4O4. The fourth-order valence-electron chi connectivity index (χ4n) is 5.44. The van der Waals surface area contributed by atoms with Crippen LogP contribution < -0.4 is 5.43 Å². The van der Waals surface area contributed by atoms with Gasteiger partial charge in [0.1, 0.15) is 6.10 Å². The number of hydrazone groups is 1. The molecule has 1 fully saturated rings. The van der Waals surface area contributed by atoms with Gasteiger partial charge in [-0.15, -0.1) is 0 Å². The molecule has 1 unspecified atom stereocenters. The molecule has 2 aliphatic heterocycles. The molecule has 2 N–H and O–H groups in total. The second kappa shape index (κ2) is 14.1. The van der Waals surface area contributed by atoms with Gasteiger partial charge in [-0.1, -0.05) is 90.1 Å². The molecule has 3 aromatic carbocycles. The molecule has 0 aromatic heterocycles. The van der Waals surface area contributed by atoms with Crippen LogP contribution >= 0.6 is 0 Å². The highest BCUT2D eigenvalue weighted by Gasteiger charge is 2.40. The van der Waals surface area contributed by atoms with E-state index in [-0.39, 0.29) is 18.2 Å². The fourth-order valence-corrected chi connectivity index (χ4v) is 5.44. The van der Waals surface area contributed by atoms with Crippen LogP contribution in [-0.2, 0) is 27.4 Å². The van der Waals surface area contributed by atoms with Crippen LogP contribution in [0.2, 0.25) is 0 Å². The summed E-state index contributed by atoms with van der Waals surface area (Å²) >= 11 is 0. The number of rotatable bonds is 13. The Bertz CT molecular complexity index is 1300. The summed E-state index contributed by atoms with van der Waals surface area (Å²) < 4.78 is 6.58. The molecule has 8 heteroatoms. The van der Waals surface area contributed by atoms with Gasteiger partial charge in [-0.2, -0.15) is 5.10 Å². The first kappa shape index (κ1) is 28.5. The first-order chi connectivity index (χ1) is 20.1. The fraction of sp³-hybridized carbons (Fsp3) is 0.364. The zero-order valence-electron chi connectivity index (χ0n) is 23.3. The van der Waals surface area contributed by atoms with Gasteiger partial charge < -0.3 is 20.1 Å². The summed E-state index contributed by atoms with van der Waals surface area (Å²) in [5, 5.41) is 18.0. The van der Waals surface area contributed by atoms with Crippen molar-refractivity contribution in [2.45, 2.75) is 50.4 Å². The average Bonchev–Trinajstić information content (AvgIpc) is 3.46. The largest absolute Gasteiger partial charge is 0.480 e. The van der Waals surface area contributed by atoms with Gasteiger partial charge in [0.05, 0.1) is 30.7 Å². The Kier molecular flexibility index (Phi) is 9.78. The molecule has 41 heavy (non-hydrogen) atoms. The number of likely N-dealkylation sites (tertiary alicyclic amines) is 1. The predicted molar refractivity (Wildman–Crippen MR) is 160 cm³/mol. The van der Waals surface area contributed by atoms with Crippen molar-refractivity contribution >= 4 is 17.9 Å². The van der Waals surface area contributed by atoms with E-state index in [4.69, 9.17) is 9.57 Å². The number of carboxylic acid groups (broad SMARTS) is 1. The second-order valence-electron chi connectivity index (χ2n) is 10.8. The SMILES string of the molecule is O=C(O)CN1CCC(CC2CC(c3ccc(C=NNCCc4ccccc4)cc3)=NO2)(OCc2ccccc2)CC1. The van der Waals surface area contributed by atoms with Crippen molar-refractivity contribution in [3.8, 4) is 0 Å². The highest BCUT2D eigenvalue weighted by Crippen LogP contribution is 2.35. The number of hydrogen-bond donors (Lipinski definition) is 2. The quantitative estimate of drug-likeness (QED) is 0.178. The summed E-state index contributed by atoms with van der Waals surface area (Å²) in [5.41, 5.74) is 8.13. The molecule has 2 heterocycles. The summed E-state index contributed by atoms with van der Waals surface area (Å²) in [4.78, 5) is 19.1. The number of nitrogens with one attached hydrogen (secondary N) is 1. The van der Waals surface area contributed by atoms with Crippen LogP contribution in [0.4, 0.5) is 0 Å². The van der Waals surface area contributed by atoms with E-state index >= 15 is 0 Å². The maximum Gasteiger partial charge on any atom is 0.317 e. The van der Waals surface area contributed by atoms with Crippen LogP contribution in [-0.4, -0.2) is 65.8 Å². The molecule has 2 aliphatic rings. The highest BCUT2D eigenvalue weighted by molar-refractivity contribution is 6.01. The van der Waals surface area contributed by atoms with Gasteiger partial charge in [-0.25, -0.2) is 0 Å². The third-order valence-electron chi connectivity index (χ3n) is 7.76. The Labute approximate surface area is 241 Å². The van der Waals surface area contributed by atoms with Crippen molar-refractivity contribution in [3.63, 3.8) is 0 Å². The minimum absolute atomic E-state index is 0.0619. The summed E-state index contributed by atoms with van der Waals surface area (Å²) in [5.74, 6) is -0.795. The average molecular weight is 555 g/mol. The number of carbonyl (C=O) groups is 1. The first-order valence-electron chi connectivity index (χ1n) is 14.3. The highest BCUT2D eigenvalue weighted by atomic mass is 16.6. The molecule has 3 aromatic rings. The minimum atomic E-state index is -0.795. The van der Waals surface area contributed by atoms with Crippen molar-refractivity contribution < 1.29 is 19.5 Å². The molecule has 0 radical (unpaired) electrons. The normalized spacial score (nSPS) is 18.6. The maximum atomic E-state index is 11.2. The van der Waals surface area contributed by atoms with E-state index in [1.165, 1.54) is 5.56 Å². The number of nitrogens with zero attached hydrogens (tertiary/aromatic N) is 3. The van der Waals surface area contributed by atoms with E-state index in [2.05, 4.69) is 52.1 Å². The molecule has 1 saturated heterocycles. The standard InChI is InChI=1S/C33H38N4O4/c38-32(39)24-37-19-16-33(17-20-37,40-25-28-9-5-2-6-10-28)22-30-21-31(36-41-30)29-13-11-27(12-14-29)23-35-34-18-15-26-7-3-1-4-8-26/h1-14,23,30,34H,15-22,24-25H2,(H,38,39). The summed E-state index contributed by atoms with van der Waals surface area (Å²) in [7, 11) is 0. The van der Waals surface area contributed by atoms with Crippen LogP contribution in [0, 0.1) is 0 Å². The van der Waals surface area contributed by atoms with E-state index in [0.717, 1.165) is 48.2 Å². The molecule has 214 valence electrons. The zero-order chi connectivity index (χ0) is 28.3. The number of oxime groups is 1. The third kappa shape index (κ3) is 8.49. The molecule has 0 saturated carbocycles. The molecule has 8 nitrogen and oxygen atoms in total. The van der Waals surface area contributed by atoms with E-state index in [1.807, 2.05) is 59.6 Å². The van der Waals surface area contributed by atoms with Gasteiger partial charge in [0, 0.05) is 32.5 Å². The molecule has 1 atom stereocenters. The molecule has 5 rings (SSSR count). The number of piperidine rings is 1. The Morgan fingerprint density at radius 3 is 2.39 bits per heavy atom. The minimum Gasteiger partial charge on any atom is -0.480 e. The van der Waals surface area contributed by atoms with Crippen molar-refractivity contribution in [2.75, 3.05) is 26.2 Å². The monoisotopic (exact) mass is 554 g/mol. The van der Waals surface area contributed by atoms with Crippen molar-refractivity contribution in [2.24, 2.45) is 10.3 Å². The van der Waals surface area contributed by atoms with E-state index in [0.29, 0.717) is 32.5 Å². The van der Waals surface area contributed by atoms with Crippen LogP contribution in [0.15, 0.2) is 95.2 Å². The lowest BCUT2D eigenvalue weighted by molar-refractivity contribution is -0.143. The van der Waals surface area contributed by atoms with Crippen molar-refractivity contribution in [3.05, 3.63) is 107 Å². The number of aliphatic carboxylic acids is 1. The Morgan fingerprint density at radius 2 is 1.71 bits per heavy atom. The summed E-state index contributed by atoms with van der Waals surface area (Å²) in [6, 6.07) is 28.7. The van der Waals surface area contributed by atoms with Gasteiger partial charge in [0.2, 0.25) is 0 Å². The molecular weight excluding hydrogens is 516 g/mol. The Hall–Kier alpha value is -4.01. The van der Waals surface area contributed by atoms with Gasteiger partial charge in [0.15, 0.2) is 0 Å².